The first kappa shape index (κ1) is 19.0. The zero-order valence-electron chi connectivity index (χ0n) is 15.9. The normalized spacial score (nSPS) is 28.5. The van der Waals surface area contributed by atoms with E-state index in [0.717, 1.165) is 11.3 Å². The SMILES string of the molecule is O=C(CCCOc1ccccc1)N1C[C@H](O)[C@@]2(C1)[C@H](CO)[C@H]2c1ccccc1. The Bertz CT molecular complexity index is 797. The second kappa shape index (κ2) is 7.94. The van der Waals surface area contributed by atoms with Crippen LogP contribution in [0.15, 0.2) is 60.7 Å². The summed E-state index contributed by atoms with van der Waals surface area (Å²) in [6.45, 7) is 1.38. The quantitative estimate of drug-likeness (QED) is 0.723. The van der Waals surface area contributed by atoms with Gasteiger partial charge in [0.1, 0.15) is 5.75 Å². The molecule has 0 radical (unpaired) electrons. The van der Waals surface area contributed by atoms with E-state index in [-0.39, 0.29) is 24.3 Å². The summed E-state index contributed by atoms with van der Waals surface area (Å²) in [7, 11) is 0. The second-order valence-electron chi connectivity index (χ2n) is 7.84. The highest BCUT2D eigenvalue weighted by atomic mass is 16.5. The van der Waals surface area contributed by atoms with E-state index in [9.17, 15) is 15.0 Å². The van der Waals surface area contributed by atoms with Crippen molar-refractivity contribution in [2.45, 2.75) is 24.9 Å². The minimum absolute atomic E-state index is 0.00381. The molecule has 0 bridgehead atoms. The van der Waals surface area contributed by atoms with Crippen molar-refractivity contribution in [1.82, 2.24) is 4.90 Å². The van der Waals surface area contributed by atoms with Gasteiger partial charge in [0.2, 0.25) is 5.91 Å². The van der Waals surface area contributed by atoms with E-state index in [0.29, 0.717) is 32.5 Å². The molecule has 2 fully saturated rings. The maximum Gasteiger partial charge on any atom is 0.222 e. The molecule has 5 heteroatoms. The summed E-state index contributed by atoms with van der Waals surface area (Å²) in [6, 6.07) is 19.6. The van der Waals surface area contributed by atoms with Crippen LogP contribution in [0.1, 0.15) is 24.3 Å². The highest BCUT2D eigenvalue weighted by molar-refractivity contribution is 5.77. The number of carbonyl (C=O) groups is 1. The number of amides is 1. The van der Waals surface area contributed by atoms with E-state index in [2.05, 4.69) is 0 Å². The first-order valence-corrected chi connectivity index (χ1v) is 9.96. The number of aliphatic hydroxyl groups excluding tert-OH is 2. The lowest BCUT2D eigenvalue weighted by molar-refractivity contribution is -0.130. The molecule has 2 aliphatic rings. The van der Waals surface area contributed by atoms with Crippen LogP contribution in [-0.4, -0.2) is 53.4 Å². The lowest BCUT2D eigenvalue weighted by atomic mass is 9.95. The van der Waals surface area contributed by atoms with Crippen LogP contribution in [-0.2, 0) is 4.79 Å². The molecule has 0 aromatic heterocycles. The number of aliphatic hydroxyl groups is 2. The van der Waals surface area contributed by atoms with Crippen LogP contribution >= 0.6 is 0 Å². The maximum atomic E-state index is 12.7. The van der Waals surface area contributed by atoms with Crippen LogP contribution < -0.4 is 4.74 Å². The summed E-state index contributed by atoms with van der Waals surface area (Å²) in [5.74, 6) is 0.958. The smallest absolute Gasteiger partial charge is 0.222 e. The average Bonchev–Trinajstić information content (AvgIpc) is 3.27. The van der Waals surface area contributed by atoms with E-state index < -0.39 is 11.5 Å². The van der Waals surface area contributed by atoms with E-state index >= 15 is 0 Å². The number of nitrogens with zero attached hydrogens (tertiary/aromatic N) is 1. The Morgan fingerprint density at radius 2 is 1.79 bits per heavy atom. The largest absolute Gasteiger partial charge is 0.494 e. The van der Waals surface area contributed by atoms with E-state index in [1.165, 1.54) is 0 Å². The molecule has 2 N–H and O–H groups in total. The van der Waals surface area contributed by atoms with Crippen molar-refractivity contribution in [2.24, 2.45) is 11.3 Å². The number of ether oxygens (including phenoxy) is 1. The molecule has 2 aromatic rings. The van der Waals surface area contributed by atoms with Gasteiger partial charge >= 0.3 is 0 Å². The number of para-hydroxylation sites is 1. The molecule has 1 heterocycles. The van der Waals surface area contributed by atoms with Crippen molar-refractivity contribution in [2.75, 3.05) is 26.3 Å². The first-order chi connectivity index (χ1) is 13.7. The van der Waals surface area contributed by atoms with Crippen molar-refractivity contribution < 1.29 is 19.7 Å². The van der Waals surface area contributed by atoms with E-state index in [4.69, 9.17) is 4.74 Å². The summed E-state index contributed by atoms with van der Waals surface area (Å²) in [6.07, 6.45) is 0.438. The van der Waals surface area contributed by atoms with E-state index in [1.54, 1.807) is 4.90 Å². The van der Waals surface area contributed by atoms with Crippen molar-refractivity contribution in [1.29, 1.82) is 0 Å². The zero-order chi connectivity index (χ0) is 19.6. The molecular weight excluding hydrogens is 354 g/mol. The second-order valence-corrected chi connectivity index (χ2v) is 7.84. The maximum absolute atomic E-state index is 12.7. The molecule has 1 spiro atoms. The molecule has 1 saturated carbocycles. The van der Waals surface area contributed by atoms with Crippen molar-refractivity contribution in [3.05, 3.63) is 66.2 Å². The standard InChI is InChI=1S/C23H27NO4/c25-15-19-22(17-8-3-1-4-9-17)23(19)16-24(14-20(23)26)21(27)12-7-13-28-18-10-5-2-6-11-18/h1-6,8-11,19-20,22,25-26H,7,12-16H2/t19-,20+,22-,23-/m1/s1. The summed E-state index contributed by atoms with van der Waals surface area (Å²) < 4.78 is 5.65. The third-order valence-corrected chi connectivity index (χ3v) is 6.30. The van der Waals surface area contributed by atoms with Gasteiger partial charge in [0.05, 0.1) is 12.7 Å². The zero-order valence-corrected chi connectivity index (χ0v) is 15.9. The van der Waals surface area contributed by atoms with Gasteiger partial charge in [-0.1, -0.05) is 48.5 Å². The highest BCUT2D eigenvalue weighted by Gasteiger charge is 2.71. The first-order valence-electron chi connectivity index (χ1n) is 9.96. The van der Waals surface area contributed by atoms with E-state index in [1.807, 2.05) is 60.7 Å². The van der Waals surface area contributed by atoms with Crippen LogP contribution in [0.4, 0.5) is 0 Å². The highest BCUT2D eigenvalue weighted by Crippen LogP contribution is 2.68. The predicted octanol–water partition coefficient (Wildman–Crippen LogP) is 2.44. The number of hydrogen-bond acceptors (Lipinski definition) is 4. The Kier molecular flexibility index (Phi) is 5.38. The number of hydrogen-bond donors (Lipinski definition) is 2. The van der Waals surface area contributed by atoms with Gasteiger partial charge in [-0.25, -0.2) is 0 Å². The fourth-order valence-electron chi connectivity index (χ4n) is 4.85. The van der Waals surface area contributed by atoms with Gasteiger partial charge in [-0.15, -0.1) is 0 Å². The molecule has 1 aliphatic carbocycles. The van der Waals surface area contributed by atoms with Gasteiger partial charge in [0.25, 0.3) is 0 Å². The Morgan fingerprint density at radius 1 is 1.11 bits per heavy atom. The summed E-state index contributed by atoms with van der Waals surface area (Å²) in [5, 5.41) is 20.6. The topological polar surface area (TPSA) is 70.0 Å². The fourth-order valence-corrected chi connectivity index (χ4v) is 4.85. The summed E-state index contributed by atoms with van der Waals surface area (Å²) in [5.41, 5.74) is 0.720. The molecule has 148 valence electrons. The average molecular weight is 381 g/mol. The van der Waals surface area contributed by atoms with Gasteiger partial charge < -0.3 is 19.8 Å². The molecule has 5 nitrogen and oxygen atoms in total. The van der Waals surface area contributed by atoms with Crippen LogP contribution in [0.5, 0.6) is 5.75 Å². The van der Waals surface area contributed by atoms with Crippen LogP contribution in [0.3, 0.4) is 0 Å². The number of rotatable bonds is 7. The van der Waals surface area contributed by atoms with Crippen LogP contribution in [0.2, 0.25) is 0 Å². The minimum Gasteiger partial charge on any atom is -0.494 e. The number of β-amino-alcohol motifs (C(OH)–C–C–N with tert-alkyl or cyclic N) is 1. The molecule has 2 aromatic carbocycles. The van der Waals surface area contributed by atoms with Crippen molar-refractivity contribution in [3.63, 3.8) is 0 Å². The monoisotopic (exact) mass is 381 g/mol. The number of benzene rings is 2. The molecule has 0 unspecified atom stereocenters. The van der Waals surface area contributed by atoms with Crippen LogP contribution in [0, 0.1) is 11.3 Å². The van der Waals surface area contributed by atoms with Crippen molar-refractivity contribution >= 4 is 5.91 Å². The Morgan fingerprint density at radius 3 is 2.46 bits per heavy atom. The van der Waals surface area contributed by atoms with Gasteiger partial charge in [-0.3, -0.25) is 4.79 Å². The molecule has 1 aliphatic heterocycles. The summed E-state index contributed by atoms with van der Waals surface area (Å²) in [4.78, 5) is 14.4. The van der Waals surface area contributed by atoms with Gasteiger partial charge in [0, 0.05) is 31.5 Å². The third-order valence-electron chi connectivity index (χ3n) is 6.30. The minimum atomic E-state index is -0.598. The lowest BCUT2D eigenvalue weighted by Gasteiger charge is -2.17. The Hall–Kier alpha value is -2.37. The number of likely N-dealkylation sites (tertiary alicyclic amines) is 1. The van der Waals surface area contributed by atoms with Gasteiger partial charge in [-0.2, -0.15) is 0 Å². The molecule has 28 heavy (non-hydrogen) atoms. The third kappa shape index (κ3) is 3.40. The Labute approximate surface area is 165 Å². The molecule has 1 amide bonds. The fraction of sp³-hybridized carbons (Fsp3) is 0.435. The Balaban J connectivity index is 1.33. The number of carbonyl (C=O) groups excluding carboxylic acids is 1. The molecular formula is C23H27NO4. The predicted molar refractivity (Wildman–Crippen MR) is 106 cm³/mol. The molecule has 4 rings (SSSR count). The summed E-state index contributed by atoms with van der Waals surface area (Å²) >= 11 is 0. The van der Waals surface area contributed by atoms with Gasteiger partial charge in [-0.05, 0) is 36.0 Å². The molecule has 1 saturated heterocycles. The van der Waals surface area contributed by atoms with Gasteiger partial charge in [0.15, 0.2) is 0 Å². The lowest BCUT2D eigenvalue weighted by Crippen LogP contribution is -2.29. The molecule has 4 atom stereocenters. The van der Waals surface area contributed by atoms with Crippen molar-refractivity contribution in [3.8, 4) is 5.75 Å². The van der Waals surface area contributed by atoms with Crippen LogP contribution in [0.25, 0.3) is 0 Å².